The molecular formula is C17H24N2O4. The molecule has 0 aromatic heterocycles. The molecule has 0 aliphatic heterocycles. The maximum atomic E-state index is 12.2. The maximum Gasteiger partial charge on any atom is 0.317 e. The summed E-state index contributed by atoms with van der Waals surface area (Å²) in [5, 5.41) is 12.0. The number of hydrogen-bond donors (Lipinski definition) is 2. The fourth-order valence-corrected chi connectivity index (χ4v) is 2.85. The molecular weight excluding hydrogens is 296 g/mol. The van der Waals surface area contributed by atoms with E-state index in [9.17, 15) is 9.59 Å². The number of nitrogens with one attached hydrogen (secondary N) is 1. The molecule has 2 amide bonds. The van der Waals surface area contributed by atoms with Crippen LogP contribution in [0.3, 0.4) is 0 Å². The maximum absolute atomic E-state index is 12.2. The summed E-state index contributed by atoms with van der Waals surface area (Å²) in [7, 11) is 3.37. The van der Waals surface area contributed by atoms with Crippen molar-refractivity contribution in [2.75, 3.05) is 14.2 Å². The lowest BCUT2D eigenvalue weighted by Gasteiger charge is -2.28. The number of benzene rings is 1. The smallest absolute Gasteiger partial charge is 0.317 e. The monoisotopic (exact) mass is 320 g/mol. The molecule has 0 radical (unpaired) electrons. The second-order valence-electron chi connectivity index (χ2n) is 6.04. The van der Waals surface area contributed by atoms with Gasteiger partial charge >= 0.3 is 12.0 Å². The lowest BCUT2D eigenvalue weighted by Crippen LogP contribution is -2.44. The van der Waals surface area contributed by atoms with E-state index in [2.05, 4.69) is 5.32 Å². The standard InChI is InChI=1S/C17H24N2O4/c1-19(11-12-3-9-15(23-2)10-4-12)17(22)18-14-7-5-13(6-8-14)16(20)21/h3-4,9-10,13-14H,5-8,11H2,1-2H3,(H,18,22)(H,20,21). The van der Waals surface area contributed by atoms with Gasteiger partial charge < -0.3 is 20.1 Å². The number of ether oxygens (including phenoxy) is 1. The van der Waals surface area contributed by atoms with Crippen LogP contribution < -0.4 is 10.1 Å². The first kappa shape index (κ1) is 17.1. The minimum absolute atomic E-state index is 0.0661. The summed E-state index contributed by atoms with van der Waals surface area (Å²) in [6.07, 6.45) is 2.70. The van der Waals surface area contributed by atoms with Gasteiger partial charge in [0.1, 0.15) is 5.75 Å². The van der Waals surface area contributed by atoms with E-state index < -0.39 is 5.97 Å². The number of carboxylic acid groups (broad SMARTS) is 1. The molecule has 0 atom stereocenters. The van der Waals surface area contributed by atoms with Crippen LogP contribution in [0.25, 0.3) is 0 Å². The van der Waals surface area contributed by atoms with Crippen LogP contribution in [-0.2, 0) is 11.3 Å². The molecule has 1 aliphatic carbocycles. The number of nitrogens with zero attached hydrogens (tertiary/aromatic N) is 1. The molecule has 2 rings (SSSR count). The average Bonchev–Trinajstić information content (AvgIpc) is 2.56. The summed E-state index contributed by atoms with van der Waals surface area (Å²) in [5.74, 6) is -0.206. The summed E-state index contributed by atoms with van der Waals surface area (Å²) in [6, 6.07) is 7.54. The second-order valence-corrected chi connectivity index (χ2v) is 6.04. The normalized spacial score (nSPS) is 20.6. The molecule has 6 nitrogen and oxygen atoms in total. The first-order valence-corrected chi connectivity index (χ1v) is 7.87. The highest BCUT2D eigenvalue weighted by Crippen LogP contribution is 2.24. The zero-order valence-corrected chi connectivity index (χ0v) is 13.6. The van der Waals surface area contributed by atoms with Crippen LogP contribution in [0.4, 0.5) is 4.79 Å². The van der Waals surface area contributed by atoms with Crippen LogP contribution in [-0.4, -0.2) is 42.2 Å². The predicted molar refractivity (Wildman–Crippen MR) is 86.4 cm³/mol. The predicted octanol–water partition coefficient (Wildman–Crippen LogP) is 2.48. The van der Waals surface area contributed by atoms with Crippen molar-refractivity contribution in [3.63, 3.8) is 0 Å². The Morgan fingerprint density at radius 2 is 1.83 bits per heavy atom. The Morgan fingerprint density at radius 3 is 2.35 bits per heavy atom. The quantitative estimate of drug-likeness (QED) is 0.873. The number of carboxylic acids is 1. The summed E-state index contributed by atoms with van der Waals surface area (Å²) in [4.78, 5) is 24.8. The zero-order valence-electron chi connectivity index (χ0n) is 13.6. The minimum atomic E-state index is -0.730. The molecule has 0 bridgehead atoms. The highest BCUT2D eigenvalue weighted by molar-refractivity contribution is 5.74. The van der Waals surface area contributed by atoms with Crippen molar-refractivity contribution in [2.24, 2.45) is 5.92 Å². The van der Waals surface area contributed by atoms with Crippen LogP contribution in [0.1, 0.15) is 31.2 Å². The minimum Gasteiger partial charge on any atom is -0.497 e. The van der Waals surface area contributed by atoms with Crippen molar-refractivity contribution in [3.05, 3.63) is 29.8 Å². The number of carbonyl (C=O) groups is 2. The Balaban J connectivity index is 1.79. The molecule has 0 saturated heterocycles. The van der Waals surface area contributed by atoms with Crippen molar-refractivity contribution in [3.8, 4) is 5.75 Å². The Kier molecular flexibility index (Phi) is 5.84. The van der Waals surface area contributed by atoms with E-state index in [1.54, 1.807) is 19.1 Å². The van der Waals surface area contributed by atoms with Crippen LogP contribution in [0.15, 0.2) is 24.3 Å². The van der Waals surface area contributed by atoms with Gasteiger partial charge in [0.15, 0.2) is 0 Å². The van der Waals surface area contributed by atoms with Gasteiger partial charge in [-0.05, 0) is 43.4 Å². The van der Waals surface area contributed by atoms with Crippen LogP contribution >= 0.6 is 0 Å². The molecule has 126 valence electrons. The van der Waals surface area contributed by atoms with Gasteiger partial charge in [-0.1, -0.05) is 12.1 Å². The lowest BCUT2D eigenvalue weighted by molar-refractivity contribution is -0.142. The SMILES string of the molecule is COc1ccc(CN(C)C(=O)NC2CCC(C(=O)O)CC2)cc1. The number of methoxy groups -OCH3 is 1. The molecule has 1 fully saturated rings. The Hall–Kier alpha value is -2.24. The molecule has 1 aromatic rings. The number of amides is 2. The molecule has 1 saturated carbocycles. The summed E-state index contributed by atoms with van der Waals surface area (Å²) >= 11 is 0. The third kappa shape index (κ3) is 4.87. The first-order valence-electron chi connectivity index (χ1n) is 7.87. The van der Waals surface area contributed by atoms with Crippen molar-refractivity contribution >= 4 is 12.0 Å². The van der Waals surface area contributed by atoms with Crippen molar-refractivity contribution < 1.29 is 19.4 Å². The zero-order chi connectivity index (χ0) is 16.8. The van der Waals surface area contributed by atoms with Gasteiger partial charge in [0.05, 0.1) is 13.0 Å². The van der Waals surface area contributed by atoms with E-state index >= 15 is 0 Å². The van der Waals surface area contributed by atoms with E-state index in [1.165, 1.54) is 0 Å². The van der Waals surface area contributed by atoms with Crippen LogP contribution in [0.2, 0.25) is 0 Å². The molecule has 6 heteroatoms. The number of aliphatic carboxylic acids is 1. The highest BCUT2D eigenvalue weighted by atomic mass is 16.5. The van der Waals surface area contributed by atoms with Gasteiger partial charge in [0, 0.05) is 19.6 Å². The van der Waals surface area contributed by atoms with Gasteiger partial charge in [-0.15, -0.1) is 0 Å². The van der Waals surface area contributed by atoms with E-state index in [0.29, 0.717) is 19.4 Å². The van der Waals surface area contributed by atoms with Gasteiger partial charge in [-0.3, -0.25) is 4.79 Å². The first-order chi connectivity index (χ1) is 11.0. The Labute approximate surface area is 136 Å². The molecule has 1 aliphatic rings. The number of urea groups is 1. The molecule has 2 N–H and O–H groups in total. The van der Waals surface area contributed by atoms with Gasteiger partial charge in [0.25, 0.3) is 0 Å². The fourth-order valence-electron chi connectivity index (χ4n) is 2.85. The Bertz CT molecular complexity index is 536. The van der Waals surface area contributed by atoms with Crippen LogP contribution in [0, 0.1) is 5.92 Å². The van der Waals surface area contributed by atoms with Crippen molar-refractivity contribution in [1.82, 2.24) is 10.2 Å². The van der Waals surface area contributed by atoms with E-state index in [-0.39, 0.29) is 18.0 Å². The third-order valence-corrected chi connectivity index (χ3v) is 4.33. The fraction of sp³-hybridized carbons (Fsp3) is 0.529. The van der Waals surface area contributed by atoms with Crippen molar-refractivity contribution in [1.29, 1.82) is 0 Å². The molecule has 1 aromatic carbocycles. The number of carbonyl (C=O) groups excluding carboxylic acids is 1. The molecule has 0 spiro atoms. The second kappa shape index (κ2) is 7.85. The van der Waals surface area contributed by atoms with E-state index in [0.717, 1.165) is 24.2 Å². The summed E-state index contributed by atoms with van der Waals surface area (Å²) in [6.45, 7) is 0.514. The molecule has 0 unspecified atom stereocenters. The Morgan fingerprint density at radius 1 is 1.22 bits per heavy atom. The molecule has 0 heterocycles. The summed E-state index contributed by atoms with van der Waals surface area (Å²) in [5.41, 5.74) is 1.03. The van der Waals surface area contributed by atoms with Crippen LogP contribution in [0.5, 0.6) is 5.75 Å². The largest absolute Gasteiger partial charge is 0.497 e. The lowest BCUT2D eigenvalue weighted by atomic mass is 9.86. The van der Waals surface area contributed by atoms with Gasteiger partial charge in [-0.25, -0.2) is 4.79 Å². The van der Waals surface area contributed by atoms with E-state index in [4.69, 9.17) is 9.84 Å². The van der Waals surface area contributed by atoms with E-state index in [1.807, 2.05) is 24.3 Å². The average molecular weight is 320 g/mol. The summed E-state index contributed by atoms with van der Waals surface area (Å²) < 4.78 is 5.11. The highest BCUT2D eigenvalue weighted by Gasteiger charge is 2.27. The molecule has 23 heavy (non-hydrogen) atoms. The third-order valence-electron chi connectivity index (χ3n) is 4.33. The van der Waals surface area contributed by atoms with Gasteiger partial charge in [0.2, 0.25) is 0 Å². The number of hydrogen-bond acceptors (Lipinski definition) is 3. The van der Waals surface area contributed by atoms with Gasteiger partial charge in [-0.2, -0.15) is 0 Å². The topological polar surface area (TPSA) is 78.9 Å². The van der Waals surface area contributed by atoms with Crippen molar-refractivity contribution in [2.45, 2.75) is 38.3 Å². The number of rotatable bonds is 5.